The summed E-state index contributed by atoms with van der Waals surface area (Å²) in [5.74, 6) is 1.07. The van der Waals surface area contributed by atoms with Gasteiger partial charge >= 0.3 is 0 Å². The topological polar surface area (TPSA) is 71.6 Å². The van der Waals surface area contributed by atoms with E-state index in [4.69, 9.17) is 21.7 Å². The molecule has 0 fully saturated rings. The standard InChI is InChI=1S/C17H17Br2N3O3S/c1-9(23)20-10-4-6-11(7-5-10)21-17(26)22-13-8-12(18)15(24-2)14(19)16(13)25-3/h4-8H,1-3H3,(H,20,23)(H2,21,22,26). The van der Waals surface area contributed by atoms with Crippen LogP contribution in [-0.4, -0.2) is 25.2 Å². The van der Waals surface area contributed by atoms with Crippen molar-refractivity contribution in [3.8, 4) is 11.5 Å². The first kappa shape index (κ1) is 20.5. The van der Waals surface area contributed by atoms with Gasteiger partial charge in [-0.1, -0.05) is 0 Å². The molecule has 26 heavy (non-hydrogen) atoms. The number of methoxy groups -OCH3 is 2. The lowest BCUT2D eigenvalue weighted by Crippen LogP contribution is -2.19. The summed E-state index contributed by atoms with van der Waals surface area (Å²) >= 11 is 12.3. The lowest BCUT2D eigenvalue weighted by molar-refractivity contribution is -0.114. The molecule has 6 nitrogen and oxygen atoms in total. The molecule has 0 radical (unpaired) electrons. The highest BCUT2D eigenvalue weighted by Crippen LogP contribution is 2.45. The summed E-state index contributed by atoms with van der Waals surface area (Å²) in [6, 6.07) is 9.02. The summed E-state index contributed by atoms with van der Waals surface area (Å²) in [6.07, 6.45) is 0. The van der Waals surface area contributed by atoms with Crippen LogP contribution >= 0.6 is 44.1 Å². The molecular formula is C17H17Br2N3O3S. The third-order valence-electron chi connectivity index (χ3n) is 3.25. The van der Waals surface area contributed by atoms with Crippen LogP contribution in [-0.2, 0) is 4.79 Å². The minimum atomic E-state index is -0.120. The van der Waals surface area contributed by atoms with Gasteiger partial charge in [0.15, 0.2) is 16.6 Å². The molecule has 0 aromatic heterocycles. The van der Waals surface area contributed by atoms with Gasteiger partial charge in [0.25, 0.3) is 0 Å². The van der Waals surface area contributed by atoms with E-state index in [0.717, 1.165) is 10.2 Å². The second kappa shape index (κ2) is 9.20. The van der Waals surface area contributed by atoms with Crippen molar-refractivity contribution in [1.82, 2.24) is 0 Å². The molecule has 1 amide bonds. The van der Waals surface area contributed by atoms with Gasteiger partial charge in [-0.15, -0.1) is 0 Å². The quantitative estimate of drug-likeness (QED) is 0.500. The zero-order valence-electron chi connectivity index (χ0n) is 14.3. The van der Waals surface area contributed by atoms with Crippen LogP contribution in [0.25, 0.3) is 0 Å². The van der Waals surface area contributed by atoms with Crippen molar-refractivity contribution in [1.29, 1.82) is 0 Å². The predicted octanol–water partition coefficient (Wildman–Crippen LogP) is 5.00. The van der Waals surface area contributed by atoms with Crippen LogP contribution in [0.3, 0.4) is 0 Å². The maximum absolute atomic E-state index is 11.1. The fraction of sp³-hybridized carbons (Fsp3) is 0.176. The van der Waals surface area contributed by atoms with Crippen molar-refractivity contribution in [3.05, 3.63) is 39.3 Å². The lowest BCUT2D eigenvalue weighted by atomic mass is 10.2. The van der Waals surface area contributed by atoms with E-state index < -0.39 is 0 Å². The molecule has 0 aliphatic carbocycles. The van der Waals surface area contributed by atoms with Gasteiger partial charge in [0.05, 0.1) is 24.4 Å². The van der Waals surface area contributed by atoms with Gasteiger partial charge in [-0.3, -0.25) is 4.79 Å². The molecule has 0 bridgehead atoms. The molecule has 0 saturated carbocycles. The van der Waals surface area contributed by atoms with E-state index in [9.17, 15) is 4.79 Å². The second-order valence-electron chi connectivity index (χ2n) is 5.12. The highest BCUT2D eigenvalue weighted by Gasteiger charge is 2.17. The highest BCUT2D eigenvalue weighted by molar-refractivity contribution is 9.11. The number of carbonyl (C=O) groups is 1. The average Bonchev–Trinajstić information content (AvgIpc) is 2.56. The fourth-order valence-electron chi connectivity index (χ4n) is 2.19. The van der Waals surface area contributed by atoms with Gasteiger partial charge in [-0.2, -0.15) is 0 Å². The van der Waals surface area contributed by atoms with E-state index >= 15 is 0 Å². The van der Waals surface area contributed by atoms with Gasteiger partial charge in [0.2, 0.25) is 5.91 Å². The molecule has 2 rings (SSSR count). The summed E-state index contributed by atoms with van der Waals surface area (Å²) in [5.41, 5.74) is 2.16. The van der Waals surface area contributed by atoms with Crippen molar-refractivity contribution < 1.29 is 14.3 Å². The van der Waals surface area contributed by atoms with Crippen molar-refractivity contribution in [2.75, 3.05) is 30.2 Å². The molecule has 0 saturated heterocycles. The van der Waals surface area contributed by atoms with Crippen LogP contribution in [0.2, 0.25) is 0 Å². The monoisotopic (exact) mass is 501 g/mol. The van der Waals surface area contributed by atoms with Crippen LogP contribution in [0.5, 0.6) is 11.5 Å². The summed E-state index contributed by atoms with van der Waals surface area (Å²) in [4.78, 5) is 11.1. The predicted molar refractivity (Wildman–Crippen MR) is 116 cm³/mol. The Kier molecular flexibility index (Phi) is 7.24. The molecule has 9 heteroatoms. The lowest BCUT2D eigenvalue weighted by Gasteiger charge is -2.17. The first-order valence-corrected chi connectivity index (χ1v) is 9.40. The molecule has 0 aliphatic rings. The molecular weight excluding hydrogens is 486 g/mol. The van der Waals surface area contributed by atoms with Crippen molar-refractivity contribution >= 4 is 72.2 Å². The van der Waals surface area contributed by atoms with E-state index in [1.54, 1.807) is 26.4 Å². The van der Waals surface area contributed by atoms with Crippen LogP contribution in [0, 0.1) is 0 Å². The van der Waals surface area contributed by atoms with E-state index in [1.807, 2.05) is 18.2 Å². The molecule has 2 aromatic carbocycles. The Balaban J connectivity index is 2.14. The molecule has 138 valence electrons. The van der Waals surface area contributed by atoms with Crippen LogP contribution in [0.15, 0.2) is 39.3 Å². The number of nitrogens with one attached hydrogen (secondary N) is 3. The number of carbonyl (C=O) groups excluding carboxylic acids is 1. The maximum Gasteiger partial charge on any atom is 0.221 e. The van der Waals surface area contributed by atoms with E-state index in [-0.39, 0.29) is 5.91 Å². The van der Waals surface area contributed by atoms with Crippen LogP contribution < -0.4 is 25.4 Å². The zero-order chi connectivity index (χ0) is 19.3. The Morgan fingerprint density at radius 1 is 0.962 bits per heavy atom. The number of halogens is 2. The van der Waals surface area contributed by atoms with Gasteiger partial charge in [0.1, 0.15) is 4.47 Å². The summed E-state index contributed by atoms with van der Waals surface area (Å²) in [6.45, 7) is 1.46. The molecule has 2 aromatic rings. The van der Waals surface area contributed by atoms with Crippen LogP contribution in [0.1, 0.15) is 6.92 Å². The summed E-state index contributed by atoms with van der Waals surface area (Å²) in [7, 11) is 3.14. The van der Waals surface area contributed by atoms with E-state index in [0.29, 0.717) is 32.5 Å². The molecule has 0 aliphatic heterocycles. The smallest absolute Gasteiger partial charge is 0.221 e. The fourth-order valence-corrected chi connectivity index (χ4v) is 4.02. The number of benzene rings is 2. The SMILES string of the molecule is COc1c(Br)cc(NC(=S)Nc2ccc(NC(C)=O)cc2)c(OC)c1Br. The zero-order valence-corrected chi connectivity index (χ0v) is 18.3. The number of ether oxygens (including phenoxy) is 2. The largest absolute Gasteiger partial charge is 0.494 e. The number of hydrogen-bond acceptors (Lipinski definition) is 4. The second-order valence-corrected chi connectivity index (χ2v) is 7.18. The third-order valence-corrected chi connectivity index (χ3v) is 4.76. The first-order chi connectivity index (χ1) is 12.3. The Hall–Kier alpha value is -1.84. The van der Waals surface area contributed by atoms with Gasteiger partial charge in [-0.05, 0) is 74.4 Å². The van der Waals surface area contributed by atoms with Gasteiger partial charge < -0.3 is 25.4 Å². The molecule has 0 atom stereocenters. The molecule has 0 spiro atoms. The van der Waals surface area contributed by atoms with Crippen molar-refractivity contribution in [2.45, 2.75) is 6.92 Å². The minimum Gasteiger partial charge on any atom is -0.494 e. The maximum atomic E-state index is 11.1. The number of thiocarbonyl (C=S) groups is 1. The summed E-state index contributed by atoms with van der Waals surface area (Å²) in [5, 5.41) is 9.28. The molecule has 3 N–H and O–H groups in total. The Bertz CT molecular complexity index is 829. The number of hydrogen-bond donors (Lipinski definition) is 3. The normalized spacial score (nSPS) is 10.0. The Morgan fingerprint density at radius 2 is 1.50 bits per heavy atom. The number of amides is 1. The highest BCUT2D eigenvalue weighted by atomic mass is 79.9. The van der Waals surface area contributed by atoms with Crippen molar-refractivity contribution in [3.63, 3.8) is 0 Å². The first-order valence-electron chi connectivity index (χ1n) is 7.41. The molecule has 0 unspecified atom stereocenters. The molecule has 0 heterocycles. The van der Waals surface area contributed by atoms with E-state index in [2.05, 4.69) is 47.8 Å². The van der Waals surface area contributed by atoms with Gasteiger partial charge in [0, 0.05) is 18.3 Å². The average molecular weight is 503 g/mol. The van der Waals surface area contributed by atoms with E-state index in [1.165, 1.54) is 6.92 Å². The van der Waals surface area contributed by atoms with Crippen LogP contribution in [0.4, 0.5) is 17.1 Å². The Labute approximate surface area is 173 Å². The third kappa shape index (κ3) is 5.09. The minimum absolute atomic E-state index is 0.120. The van der Waals surface area contributed by atoms with Crippen molar-refractivity contribution in [2.24, 2.45) is 0 Å². The number of anilines is 3. The summed E-state index contributed by atoms with van der Waals surface area (Å²) < 4.78 is 12.2. The van der Waals surface area contributed by atoms with Gasteiger partial charge in [-0.25, -0.2) is 0 Å². The number of rotatable bonds is 5. The Morgan fingerprint density at radius 3 is 2.00 bits per heavy atom.